The Balaban J connectivity index is 2.21. The number of aryl methyl sites for hydroxylation is 1. The molecular weight excluding hydrogens is 260 g/mol. The van der Waals surface area contributed by atoms with E-state index in [4.69, 9.17) is 0 Å². The summed E-state index contributed by atoms with van der Waals surface area (Å²) in [6.45, 7) is 10.4. The molecule has 2 unspecified atom stereocenters. The smallest absolute Gasteiger partial charge is 0.256 e. The van der Waals surface area contributed by atoms with Crippen LogP contribution in [0.5, 0.6) is 0 Å². The summed E-state index contributed by atoms with van der Waals surface area (Å²) in [6, 6.07) is 6.42. The molecule has 1 aromatic carbocycles. The third-order valence-electron chi connectivity index (χ3n) is 4.37. The fourth-order valence-electron chi connectivity index (χ4n) is 3.11. The minimum atomic E-state index is 0.174. The second kappa shape index (κ2) is 6.97. The van der Waals surface area contributed by atoms with Gasteiger partial charge >= 0.3 is 0 Å². The van der Waals surface area contributed by atoms with Crippen LogP contribution in [0.25, 0.3) is 0 Å². The van der Waals surface area contributed by atoms with Gasteiger partial charge in [-0.25, -0.2) is 0 Å². The van der Waals surface area contributed by atoms with E-state index < -0.39 is 0 Å². The van der Waals surface area contributed by atoms with Crippen LogP contribution >= 0.6 is 0 Å². The number of likely N-dealkylation sites (tertiary alicyclic amines) is 1. The van der Waals surface area contributed by atoms with Gasteiger partial charge in [0.15, 0.2) is 0 Å². The number of hydrogen-bond acceptors (Lipinski definition) is 2. The number of nitrogens with zero attached hydrogens (tertiary/aromatic N) is 1. The summed E-state index contributed by atoms with van der Waals surface area (Å²) in [4.78, 5) is 14.9. The minimum absolute atomic E-state index is 0.174. The first kappa shape index (κ1) is 15.9. The van der Waals surface area contributed by atoms with E-state index in [1.807, 2.05) is 17.0 Å². The molecule has 0 spiro atoms. The largest absolute Gasteiger partial charge is 0.384 e. The van der Waals surface area contributed by atoms with Gasteiger partial charge in [-0.05, 0) is 56.7 Å². The predicted octanol–water partition coefficient (Wildman–Crippen LogP) is 4.08. The highest BCUT2D eigenvalue weighted by atomic mass is 16.2. The van der Waals surface area contributed by atoms with Crippen molar-refractivity contribution in [2.75, 3.05) is 18.4 Å². The van der Waals surface area contributed by atoms with Gasteiger partial charge in [0.2, 0.25) is 0 Å². The number of amides is 1. The van der Waals surface area contributed by atoms with Crippen LogP contribution in [0.15, 0.2) is 18.2 Å². The van der Waals surface area contributed by atoms with Crippen LogP contribution in [0, 0.1) is 12.8 Å². The molecule has 1 amide bonds. The fourth-order valence-corrected chi connectivity index (χ4v) is 3.11. The standard InChI is InChI=1S/C18H28N2O/c1-5-9-19-17-12-13(2)6-7-16(17)18(21)20-10-8-14(3)11-15(20)4/h6-7,12,14-15,19H,5,8-11H2,1-4H3. The summed E-state index contributed by atoms with van der Waals surface area (Å²) in [5.74, 6) is 0.896. The van der Waals surface area contributed by atoms with Crippen LogP contribution in [-0.2, 0) is 0 Å². The van der Waals surface area contributed by atoms with Crippen molar-refractivity contribution < 1.29 is 4.79 Å². The topological polar surface area (TPSA) is 32.3 Å². The molecule has 1 aliphatic heterocycles. The zero-order chi connectivity index (χ0) is 15.4. The SMILES string of the molecule is CCCNc1cc(C)ccc1C(=O)N1CCC(C)CC1C. The van der Waals surface area contributed by atoms with Crippen LogP contribution in [0.1, 0.15) is 56.0 Å². The molecule has 0 bridgehead atoms. The maximum Gasteiger partial charge on any atom is 0.256 e. The molecule has 1 aliphatic rings. The quantitative estimate of drug-likeness (QED) is 0.905. The van der Waals surface area contributed by atoms with Gasteiger partial charge in [0.1, 0.15) is 0 Å². The predicted molar refractivity (Wildman–Crippen MR) is 88.9 cm³/mol. The Bertz CT molecular complexity index is 498. The van der Waals surface area contributed by atoms with Gasteiger partial charge in [0.05, 0.1) is 5.56 Å². The first-order valence-corrected chi connectivity index (χ1v) is 8.18. The summed E-state index contributed by atoms with van der Waals surface area (Å²) in [5.41, 5.74) is 2.98. The Kier molecular flexibility index (Phi) is 5.27. The van der Waals surface area contributed by atoms with Crippen LogP contribution in [0.2, 0.25) is 0 Å². The van der Waals surface area contributed by atoms with Crippen LogP contribution in [0.3, 0.4) is 0 Å². The van der Waals surface area contributed by atoms with Gasteiger partial charge in [-0.2, -0.15) is 0 Å². The number of carbonyl (C=O) groups excluding carboxylic acids is 1. The highest BCUT2D eigenvalue weighted by Gasteiger charge is 2.28. The average Bonchev–Trinajstić information content (AvgIpc) is 2.44. The monoisotopic (exact) mass is 288 g/mol. The van der Waals surface area contributed by atoms with Crippen molar-refractivity contribution in [2.24, 2.45) is 5.92 Å². The number of benzene rings is 1. The molecule has 1 saturated heterocycles. The molecule has 1 heterocycles. The molecule has 2 rings (SSSR count). The number of nitrogens with one attached hydrogen (secondary N) is 1. The van der Waals surface area contributed by atoms with E-state index in [9.17, 15) is 4.79 Å². The lowest BCUT2D eigenvalue weighted by atomic mass is 9.92. The minimum Gasteiger partial charge on any atom is -0.384 e. The Labute approximate surface area is 128 Å². The second-order valence-corrected chi connectivity index (χ2v) is 6.45. The molecule has 1 N–H and O–H groups in total. The summed E-state index contributed by atoms with van der Waals surface area (Å²) < 4.78 is 0. The van der Waals surface area contributed by atoms with Crippen molar-refractivity contribution in [3.05, 3.63) is 29.3 Å². The molecule has 3 heteroatoms. The molecule has 2 atom stereocenters. The Morgan fingerprint density at radius 2 is 2.14 bits per heavy atom. The molecule has 21 heavy (non-hydrogen) atoms. The number of carbonyl (C=O) groups is 1. The van der Waals surface area contributed by atoms with Crippen molar-refractivity contribution in [1.82, 2.24) is 4.90 Å². The Morgan fingerprint density at radius 3 is 2.81 bits per heavy atom. The third kappa shape index (κ3) is 3.78. The fraction of sp³-hybridized carbons (Fsp3) is 0.611. The van der Waals surface area contributed by atoms with Crippen LogP contribution in [0.4, 0.5) is 5.69 Å². The normalized spacial score (nSPS) is 22.2. The summed E-state index contributed by atoms with van der Waals surface area (Å²) in [5, 5.41) is 3.40. The molecule has 0 aliphatic carbocycles. The zero-order valence-corrected chi connectivity index (χ0v) is 13.8. The first-order valence-electron chi connectivity index (χ1n) is 8.18. The average molecular weight is 288 g/mol. The molecular formula is C18H28N2O. The van der Waals surface area contributed by atoms with Gasteiger partial charge in [-0.3, -0.25) is 4.79 Å². The Hall–Kier alpha value is -1.51. The van der Waals surface area contributed by atoms with Crippen molar-refractivity contribution in [2.45, 2.75) is 53.0 Å². The number of anilines is 1. The lowest BCUT2D eigenvalue weighted by Gasteiger charge is -2.37. The van der Waals surface area contributed by atoms with E-state index >= 15 is 0 Å². The Morgan fingerprint density at radius 1 is 1.38 bits per heavy atom. The van der Waals surface area contributed by atoms with Crippen molar-refractivity contribution in [3.63, 3.8) is 0 Å². The van der Waals surface area contributed by atoms with Gasteiger partial charge in [-0.15, -0.1) is 0 Å². The molecule has 0 radical (unpaired) electrons. The van der Waals surface area contributed by atoms with E-state index in [0.29, 0.717) is 6.04 Å². The lowest BCUT2D eigenvalue weighted by molar-refractivity contribution is 0.0589. The summed E-state index contributed by atoms with van der Waals surface area (Å²) in [7, 11) is 0. The van der Waals surface area contributed by atoms with Crippen molar-refractivity contribution >= 4 is 11.6 Å². The zero-order valence-electron chi connectivity index (χ0n) is 13.8. The highest BCUT2D eigenvalue weighted by molar-refractivity contribution is 6.00. The first-order chi connectivity index (χ1) is 10.0. The molecule has 3 nitrogen and oxygen atoms in total. The maximum absolute atomic E-state index is 12.9. The van der Waals surface area contributed by atoms with Crippen molar-refractivity contribution in [3.8, 4) is 0 Å². The van der Waals surface area contributed by atoms with E-state index in [1.54, 1.807) is 0 Å². The number of rotatable bonds is 4. The molecule has 1 fully saturated rings. The summed E-state index contributed by atoms with van der Waals surface area (Å²) >= 11 is 0. The molecule has 1 aromatic rings. The molecule has 116 valence electrons. The van der Waals surface area contributed by atoms with Gasteiger partial charge in [0.25, 0.3) is 5.91 Å². The van der Waals surface area contributed by atoms with Crippen molar-refractivity contribution in [1.29, 1.82) is 0 Å². The van der Waals surface area contributed by atoms with Gasteiger partial charge in [-0.1, -0.05) is 19.9 Å². The highest BCUT2D eigenvalue weighted by Crippen LogP contribution is 2.26. The van der Waals surface area contributed by atoms with Gasteiger partial charge in [0, 0.05) is 24.8 Å². The van der Waals surface area contributed by atoms with E-state index in [1.165, 1.54) is 5.56 Å². The third-order valence-corrected chi connectivity index (χ3v) is 4.37. The number of hydrogen-bond donors (Lipinski definition) is 1. The van der Waals surface area contributed by atoms with Crippen LogP contribution in [-0.4, -0.2) is 29.9 Å². The van der Waals surface area contributed by atoms with E-state index in [-0.39, 0.29) is 5.91 Å². The molecule has 0 aromatic heterocycles. The maximum atomic E-state index is 12.9. The van der Waals surface area contributed by atoms with Gasteiger partial charge < -0.3 is 10.2 Å². The summed E-state index contributed by atoms with van der Waals surface area (Å²) in [6.07, 6.45) is 3.27. The van der Waals surface area contributed by atoms with E-state index in [0.717, 1.165) is 49.5 Å². The number of piperidine rings is 1. The van der Waals surface area contributed by atoms with Crippen LogP contribution < -0.4 is 5.32 Å². The lowest BCUT2D eigenvalue weighted by Crippen LogP contribution is -2.44. The molecule has 0 saturated carbocycles. The second-order valence-electron chi connectivity index (χ2n) is 6.45. The van der Waals surface area contributed by atoms with E-state index in [2.05, 4.69) is 39.1 Å².